The molecule has 1 rings (SSSR count). The summed E-state index contributed by atoms with van der Waals surface area (Å²) in [6.07, 6.45) is 3.41. The van der Waals surface area contributed by atoms with Gasteiger partial charge in [0.2, 0.25) is 0 Å². The lowest BCUT2D eigenvalue weighted by molar-refractivity contribution is 0.643. The molecule has 1 heterocycles. The zero-order valence-corrected chi connectivity index (χ0v) is 11.6. The van der Waals surface area contributed by atoms with Crippen molar-refractivity contribution in [3.05, 3.63) is 16.1 Å². The second-order valence-electron chi connectivity index (χ2n) is 3.98. The third-order valence-corrected chi connectivity index (χ3v) is 3.02. The highest BCUT2D eigenvalue weighted by Gasteiger charge is 2.10. The summed E-state index contributed by atoms with van der Waals surface area (Å²) in [5.74, 6) is 6.33. The number of pyridine rings is 1. The number of rotatable bonds is 6. The molecule has 1 atom stereocenters. The maximum Gasteiger partial charge on any atom is 0.161 e. The van der Waals surface area contributed by atoms with Crippen LogP contribution in [0.4, 0.5) is 11.6 Å². The van der Waals surface area contributed by atoms with Crippen molar-refractivity contribution in [3.8, 4) is 0 Å². The van der Waals surface area contributed by atoms with E-state index in [-0.39, 0.29) is 0 Å². The first-order valence-corrected chi connectivity index (χ1v) is 6.43. The Hall–Kier alpha value is -0.710. The molecule has 17 heavy (non-hydrogen) atoms. The van der Waals surface area contributed by atoms with Crippen LogP contribution in [-0.4, -0.2) is 11.0 Å². The van der Waals surface area contributed by atoms with Gasteiger partial charge in [-0.2, -0.15) is 0 Å². The van der Waals surface area contributed by atoms with Crippen molar-refractivity contribution >= 4 is 34.8 Å². The lowest BCUT2D eigenvalue weighted by Crippen LogP contribution is -2.17. The van der Waals surface area contributed by atoms with Crippen LogP contribution in [-0.2, 0) is 0 Å². The van der Waals surface area contributed by atoms with Crippen molar-refractivity contribution in [3.63, 3.8) is 0 Å². The van der Waals surface area contributed by atoms with E-state index in [1.54, 1.807) is 6.07 Å². The number of nitrogen functional groups attached to an aromatic ring is 1. The zero-order chi connectivity index (χ0) is 12.8. The van der Waals surface area contributed by atoms with E-state index in [4.69, 9.17) is 29.0 Å². The number of unbranched alkanes of at least 4 members (excludes halogenated alkanes) is 1. The predicted molar refractivity (Wildman–Crippen MR) is 74.7 cm³/mol. The van der Waals surface area contributed by atoms with Gasteiger partial charge in [-0.1, -0.05) is 43.0 Å². The van der Waals surface area contributed by atoms with Crippen LogP contribution in [0.5, 0.6) is 0 Å². The Labute approximate surface area is 112 Å². The Morgan fingerprint density at radius 1 is 1.35 bits per heavy atom. The molecule has 1 unspecified atom stereocenters. The smallest absolute Gasteiger partial charge is 0.161 e. The molecule has 1 aromatic heterocycles. The van der Waals surface area contributed by atoms with E-state index in [0.29, 0.717) is 27.7 Å². The molecule has 1 aromatic rings. The standard InChI is InChI=1S/C11H18Cl2N4/c1-3-4-5-7(2)15-10-8(12)6-9(13)11(16-10)17-14/h6-7H,3-5,14H2,1-2H3,(H2,15,16,17). The number of halogens is 2. The van der Waals surface area contributed by atoms with Gasteiger partial charge in [0, 0.05) is 6.04 Å². The Morgan fingerprint density at radius 3 is 2.59 bits per heavy atom. The minimum Gasteiger partial charge on any atom is -0.366 e. The van der Waals surface area contributed by atoms with Crippen LogP contribution in [0, 0.1) is 0 Å². The van der Waals surface area contributed by atoms with Crippen LogP contribution < -0.4 is 16.6 Å². The van der Waals surface area contributed by atoms with E-state index >= 15 is 0 Å². The molecule has 4 nitrogen and oxygen atoms in total. The van der Waals surface area contributed by atoms with Crippen LogP contribution in [0.3, 0.4) is 0 Å². The number of nitrogens with one attached hydrogen (secondary N) is 2. The minimum absolute atomic E-state index is 0.312. The first-order valence-electron chi connectivity index (χ1n) is 5.67. The number of nitrogens with zero attached hydrogens (tertiary/aromatic N) is 1. The summed E-state index contributed by atoms with van der Waals surface area (Å²) in [6, 6.07) is 1.94. The second kappa shape index (κ2) is 6.89. The number of hydrogen-bond donors (Lipinski definition) is 3. The van der Waals surface area contributed by atoms with Gasteiger partial charge in [-0.25, -0.2) is 10.8 Å². The predicted octanol–water partition coefficient (Wildman–Crippen LogP) is 3.66. The molecule has 0 aliphatic heterocycles. The second-order valence-corrected chi connectivity index (χ2v) is 4.80. The van der Waals surface area contributed by atoms with Gasteiger partial charge in [-0.05, 0) is 19.4 Å². The van der Waals surface area contributed by atoms with E-state index in [9.17, 15) is 0 Å². The largest absolute Gasteiger partial charge is 0.366 e. The van der Waals surface area contributed by atoms with E-state index < -0.39 is 0 Å². The van der Waals surface area contributed by atoms with E-state index in [1.807, 2.05) is 0 Å². The molecule has 0 aromatic carbocycles. The maximum atomic E-state index is 6.06. The summed E-state index contributed by atoms with van der Waals surface area (Å²) in [7, 11) is 0. The fourth-order valence-corrected chi connectivity index (χ4v) is 1.95. The first-order chi connectivity index (χ1) is 8.08. The molecule has 4 N–H and O–H groups in total. The van der Waals surface area contributed by atoms with Gasteiger partial charge in [0.1, 0.15) is 5.82 Å². The third-order valence-electron chi connectivity index (χ3n) is 2.44. The van der Waals surface area contributed by atoms with Crippen molar-refractivity contribution in [2.24, 2.45) is 5.84 Å². The molecule has 0 saturated heterocycles. The lowest BCUT2D eigenvalue weighted by Gasteiger charge is -2.16. The first kappa shape index (κ1) is 14.4. The summed E-state index contributed by atoms with van der Waals surface area (Å²) in [5.41, 5.74) is 2.44. The molecule has 0 aliphatic carbocycles. The molecule has 0 spiro atoms. The monoisotopic (exact) mass is 276 g/mol. The highest BCUT2D eigenvalue weighted by molar-refractivity contribution is 6.37. The number of hydrogen-bond acceptors (Lipinski definition) is 4. The van der Waals surface area contributed by atoms with Crippen molar-refractivity contribution < 1.29 is 0 Å². The molecule has 0 amide bonds. The molecule has 0 radical (unpaired) electrons. The van der Waals surface area contributed by atoms with Crippen LogP contribution in [0.2, 0.25) is 10.0 Å². The molecular formula is C11H18Cl2N4. The van der Waals surface area contributed by atoms with Crippen molar-refractivity contribution in [2.75, 3.05) is 10.7 Å². The fraction of sp³-hybridized carbons (Fsp3) is 0.545. The summed E-state index contributed by atoms with van der Waals surface area (Å²) in [5, 5.41) is 4.15. The maximum absolute atomic E-state index is 6.06. The van der Waals surface area contributed by atoms with Gasteiger partial charge >= 0.3 is 0 Å². The molecule has 96 valence electrons. The van der Waals surface area contributed by atoms with E-state index in [2.05, 4.69) is 29.6 Å². The normalized spacial score (nSPS) is 12.3. The number of anilines is 2. The fourth-order valence-electron chi connectivity index (χ4n) is 1.48. The highest BCUT2D eigenvalue weighted by Crippen LogP contribution is 2.29. The van der Waals surface area contributed by atoms with Crippen LogP contribution in [0.15, 0.2) is 6.07 Å². The van der Waals surface area contributed by atoms with E-state index in [0.717, 1.165) is 6.42 Å². The topological polar surface area (TPSA) is 63.0 Å². The Bertz CT molecular complexity index is 371. The lowest BCUT2D eigenvalue weighted by atomic mass is 10.1. The summed E-state index contributed by atoms with van der Waals surface area (Å²) in [4.78, 5) is 4.23. The average Bonchev–Trinajstić information content (AvgIpc) is 2.30. The Morgan fingerprint density at radius 2 is 2.00 bits per heavy atom. The van der Waals surface area contributed by atoms with Gasteiger partial charge in [0.05, 0.1) is 10.0 Å². The molecule has 6 heteroatoms. The highest BCUT2D eigenvalue weighted by atomic mass is 35.5. The Kier molecular flexibility index (Phi) is 5.82. The molecular weight excluding hydrogens is 259 g/mol. The Balaban J connectivity index is 2.76. The zero-order valence-electron chi connectivity index (χ0n) is 10.1. The third kappa shape index (κ3) is 4.22. The molecule has 0 bridgehead atoms. The summed E-state index contributed by atoms with van der Waals surface area (Å²) in [6.45, 7) is 4.26. The quantitative estimate of drug-likeness (QED) is 0.548. The molecule has 0 fully saturated rings. The van der Waals surface area contributed by atoms with Gasteiger partial charge in [-0.3, -0.25) is 0 Å². The van der Waals surface area contributed by atoms with Crippen LogP contribution in [0.25, 0.3) is 0 Å². The van der Waals surface area contributed by atoms with Crippen molar-refractivity contribution in [2.45, 2.75) is 39.2 Å². The molecule has 0 saturated carbocycles. The van der Waals surface area contributed by atoms with E-state index in [1.165, 1.54) is 12.8 Å². The SMILES string of the molecule is CCCCC(C)Nc1nc(NN)c(Cl)cc1Cl. The number of nitrogens with two attached hydrogens (primary N) is 1. The molecule has 0 aliphatic rings. The van der Waals surface area contributed by atoms with Gasteiger partial charge in [0.25, 0.3) is 0 Å². The van der Waals surface area contributed by atoms with Crippen LogP contribution >= 0.6 is 23.2 Å². The van der Waals surface area contributed by atoms with Gasteiger partial charge < -0.3 is 10.7 Å². The van der Waals surface area contributed by atoms with Crippen LogP contribution in [0.1, 0.15) is 33.1 Å². The summed E-state index contributed by atoms with van der Waals surface area (Å²) >= 11 is 12.0. The van der Waals surface area contributed by atoms with Crippen molar-refractivity contribution in [1.29, 1.82) is 0 Å². The minimum atomic E-state index is 0.312. The summed E-state index contributed by atoms with van der Waals surface area (Å²) < 4.78 is 0. The van der Waals surface area contributed by atoms with Crippen molar-refractivity contribution in [1.82, 2.24) is 4.98 Å². The number of aromatic nitrogens is 1. The average molecular weight is 277 g/mol. The van der Waals surface area contributed by atoms with Gasteiger partial charge in [-0.15, -0.1) is 0 Å². The number of hydrazine groups is 1. The van der Waals surface area contributed by atoms with Gasteiger partial charge in [0.15, 0.2) is 5.82 Å².